The molecule has 0 bridgehead atoms. The van der Waals surface area contributed by atoms with Crippen LogP contribution in [0.2, 0.25) is 0 Å². The van der Waals surface area contributed by atoms with Gasteiger partial charge in [-0.2, -0.15) is 18.3 Å². The molecule has 0 fully saturated rings. The van der Waals surface area contributed by atoms with Crippen LogP contribution in [0.25, 0.3) is 0 Å². The van der Waals surface area contributed by atoms with Crippen LogP contribution in [-0.2, 0) is 18.0 Å². The third-order valence-electron chi connectivity index (χ3n) is 4.89. The number of aromatic nitrogens is 2. The minimum atomic E-state index is -4.57. The van der Waals surface area contributed by atoms with Crippen molar-refractivity contribution in [2.24, 2.45) is 7.05 Å². The second-order valence-electron chi connectivity index (χ2n) is 7.04. The number of carbonyl (C=O) groups excluding carboxylic acids is 1. The molecule has 0 aliphatic carbocycles. The fourth-order valence-corrected chi connectivity index (χ4v) is 3.27. The number of nitrogens with zero attached hydrogens (tertiary/aromatic N) is 3. The molecule has 3 rings (SSSR count). The van der Waals surface area contributed by atoms with Gasteiger partial charge in [-0.25, -0.2) is 0 Å². The van der Waals surface area contributed by atoms with Gasteiger partial charge in [-0.1, -0.05) is 24.3 Å². The zero-order valence-corrected chi connectivity index (χ0v) is 17.3. The second-order valence-corrected chi connectivity index (χ2v) is 7.04. The molecule has 3 aromatic rings. The highest BCUT2D eigenvalue weighted by Gasteiger charge is 2.33. The molecule has 1 heterocycles. The fourth-order valence-electron chi connectivity index (χ4n) is 3.27. The molecule has 0 aliphatic heterocycles. The predicted octanol–water partition coefficient (Wildman–Crippen LogP) is 4.65. The highest BCUT2D eigenvalue weighted by Crippen LogP contribution is 2.35. The van der Waals surface area contributed by atoms with E-state index in [1.165, 1.54) is 18.2 Å². The van der Waals surface area contributed by atoms with Gasteiger partial charge in [0.15, 0.2) is 0 Å². The van der Waals surface area contributed by atoms with Gasteiger partial charge in [0, 0.05) is 13.2 Å². The van der Waals surface area contributed by atoms with Gasteiger partial charge in [0.05, 0.1) is 42.8 Å². The van der Waals surface area contributed by atoms with E-state index >= 15 is 0 Å². The molecule has 1 aromatic heterocycles. The van der Waals surface area contributed by atoms with Crippen molar-refractivity contribution >= 4 is 17.3 Å². The summed E-state index contributed by atoms with van der Waals surface area (Å²) in [6, 6.07) is 12.0. The van der Waals surface area contributed by atoms with E-state index < -0.39 is 17.6 Å². The van der Waals surface area contributed by atoms with Crippen molar-refractivity contribution in [1.82, 2.24) is 9.78 Å². The Balaban J connectivity index is 1.87. The van der Waals surface area contributed by atoms with Crippen LogP contribution < -0.4 is 15.0 Å². The van der Waals surface area contributed by atoms with E-state index in [1.54, 1.807) is 36.1 Å². The first-order chi connectivity index (χ1) is 14.7. The molecule has 31 heavy (non-hydrogen) atoms. The molecule has 6 nitrogen and oxygen atoms in total. The van der Waals surface area contributed by atoms with E-state index in [-0.39, 0.29) is 18.3 Å². The standard InChI is InChI=1S/C22H23F3N4O2/c1-15(16-7-6-8-18(11-16)31-3)29(17-12-26-28(2)13-17)14-21(30)27-20-10-5-4-9-19(20)22(23,24)25/h4-13,15H,14H2,1-3H3,(H,27,30). The maximum atomic E-state index is 13.3. The first-order valence-electron chi connectivity index (χ1n) is 9.54. The lowest BCUT2D eigenvalue weighted by Gasteiger charge is -2.30. The largest absolute Gasteiger partial charge is 0.497 e. The van der Waals surface area contributed by atoms with Gasteiger partial charge in [0.1, 0.15) is 5.75 Å². The van der Waals surface area contributed by atoms with E-state index in [0.717, 1.165) is 11.6 Å². The first-order valence-corrected chi connectivity index (χ1v) is 9.54. The molecule has 1 atom stereocenters. The SMILES string of the molecule is COc1cccc(C(C)N(CC(=O)Nc2ccccc2C(F)(F)F)c2cnn(C)c2)c1. The highest BCUT2D eigenvalue weighted by molar-refractivity contribution is 5.95. The minimum absolute atomic E-state index is 0.170. The number of rotatable bonds is 7. The number of para-hydroxylation sites is 1. The van der Waals surface area contributed by atoms with Crippen LogP contribution in [0.1, 0.15) is 24.1 Å². The monoisotopic (exact) mass is 432 g/mol. The third kappa shape index (κ3) is 5.36. The average molecular weight is 432 g/mol. The summed E-state index contributed by atoms with van der Waals surface area (Å²) in [4.78, 5) is 14.5. The van der Waals surface area contributed by atoms with Crippen molar-refractivity contribution in [3.05, 3.63) is 72.1 Å². The Labute approximate surface area is 178 Å². The maximum absolute atomic E-state index is 13.3. The summed E-state index contributed by atoms with van der Waals surface area (Å²) in [5, 5.41) is 6.56. The summed E-state index contributed by atoms with van der Waals surface area (Å²) in [7, 11) is 3.31. The van der Waals surface area contributed by atoms with E-state index in [0.29, 0.717) is 11.4 Å². The number of nitrogens with one attached hydrogen (secondary N) is 1. The van der Waals surface area contributed by atoms with Crippen molar-refractivity contribution in [1.29, 1.82) is 0 Å². The summed E-state index contributed by atoms with van der Waals surface area (Å²) in [6.07, 6.45) is -1.22. The Morgan fingerprint density at radius 2 is 1.97 bits per heavy atom. The zero-order valence-electron chi connectivity index (χ0n) is 17.3. The van der Waals surface area contributed by atoms with Crippen LogP contribution in [0.4, 0.5) is 24.5 Å². The van der Waals surface area contributed by atoms with E-state index in [4.69, 9.17) is 4.74 Å². The Hall–Kier alpha value is -3.49. The number of carbonyl (C=O) groups is 1. The van der Waals surface area contributed by atoms with Crippen LogP contribution in [0.5, 0.6) is 5.75 Å². The fraction of sp³-hybridized carbons (Fsp3) is 0.273. The molecular weight excluding hydrogens is 409 g/mol. The highest BCUT2D eigenvalue weighted by atomic mass is 19.4. The smallest absolute Gasteiger partial charge is 0.418 e. The normalized spacial score (nSPS) is 12.3. The van der Waals surface area contributed by atoms with Gasteiger partial charge in [0.2, 0.25) is 5.91 Å². The number of halogens is 3. The zero-order chi connectivity index (χ0) is 22.6. The Kier molecular flexibility index (Phi) is 6.53. The molecule has 0 radical (unpaired) electrons. The number of methoxy groups -OCH3 is 1. The summed E-state index contributed by atoms with van der Waals surface area (Å²) in [6.45, 7) is 1.73. The van der Waals surface area contributed by atoms with Gasteiger partial charge >= 0.3 is 6.18 Å². The van der Waals surface area contributed by atoms with Gasteiger partial charge < -0.3 is 15.0 Å². The van der Waals surface area contributed by atoms with Gasteiger partial charge in [-0.3, -0.25) is 9.48 Å². The Morgan fingerprint density at radius 1 is 1.23 bits per heavy atom. The molecule has 0 aliphatic rings. The molecule has 0 spiro atoms. The third-order valence-corrected chi connectivity index (χ3v) is 4.89. The van der Waals surface area contributed by atoms with Crippen LogP contribution in [0, 0.1) is 0 Å². The van der Waals surface area contributed by atoms with E-state index in [9.17, 15) is 18.0 Å². The molecule has 1 amide bonds. The lowest BCUT2D eigenvalue weighted by Crippen LogP contribution is -2.35. The second kappa shape index (κ2) is 9.11. The first kappa shape index (κ1) is 22.2. The van der Waals surface area contributed by atoms with Crippen molar-refractivity contribution in [3.63, 3.8) is 0 Å². The molecule has 164 valence electrons. The lowest BCUT2D eigenvalue weighted by atomic mass is 10.1. The molecule has 9 heteroatoms. The van der Waals surface area contributed by atoms with E-state index in [2.05, 4.69) is 10.4 Å². The van der Waals surface area contributed by atoms with Gasteiger partial charge in [0.25, 0.3) is 0 Å². The van der Waals surface area contributed by atoms with Crippen molar-refractivity contribution in [2.75, 3.05) is 23.9 Å². The predicted molar refractivity (Wildman–Crippen MR) is 112 cm³/mol. The van der Waals surface area contributed by atoms with Gasteiger partial charge in [-0.15, -0.1) is 0 Å². The molecule has 0 saturated heterocycles. The Bertz CT molecular complexity index is 1050. The number of alkyl halides is 3. The van der Waals surface area contributed by atoms with Crippen LogP contribution in [0.3, 0.4) is 0 Å². The summed E-state index contributed by atoms with van der Waals surface area (Å²) in [5.41, 5.74) is 0.376. The number of hydrogen-bond donors (Lipinski definition) is 1. The number of aryl methyl sites for hydroxylation is 1. The number of anilines is 2. The maximum Gasteiger partial charge on any atom is 0.418 e. The van der Waals surface area contributed by atoms with Crippen molar-refractivity contribution in [2.45, 2.75) is 19.1 Å². The van der Waals surface area contributed by atoms with Crippen molar-refractivity contribution in [3.8, 4) is 5.75 Å². The van der Waals surface area contributed by atoms with Gasteiger partial charge in [-0.05, 0) is 36.8 Å². The van der Waals surface area contributed by atoms with Crippen LogP contribution in [0.15, 0.2) is 60.9 Å². The molecule has 2 aromatic carbocycles. The number of amides is 1. The summed E-state index contributed by atoms with van der Waals surface area (Å²) >= 11 is 0. The Morgan fingerprint density at radius 3 is 2.61 bits per heavy atom. The number of benzene rings is 2. The molecular formula is C22H23F3N4O2. The average Bonchev–Trinajstić information content (AvgIpc) is 3.17. The summed E-state index contributed by atoms with van der Waals surface area (Å²) < 4.78 is 46.7. The molecule has 1 unspecified atom stereocenters. The van der Waals surface area contributed by atoms with Crippen LogP contribution in [-0.4, -0.2) is 29.3 Å². The van der Waals surface area contributed by atoms with Crippen LogP contribution >= 0.6 is 0 Å². The topological polar surface area (TPSA) is 59.4 Å². The van der Waals surface area contributed by atoms with Crippen molar-refractivity contribution < 1.29 is 22.7 Å². The lowest BCUT2D eigenvalue weighted by molar-refractivity contribution is -0.137. The quantitative estimate of drug-likeness (QED) is 0.590. The minimum Gasteiger partial charge on any atom is -0.497 e. The summed E-state index contributed by atoms with van der Waals surface area (Å²) in [5.74, 6) is 0.0920. The number of ether oxygens (including phenoxy) is 1. The molecule has 1 N–H and O–H groups in total. The van der Waals surface area contributed by atoms with E-state index in [1.807, 2.05) is 31.2 Å². The number of hydrogen-bond acceptors (Lipinski definition) is 4. The molecule has 0 saturated carbocycles.